The van der Waals surface area contributed by atoms with Crippen molar-refractivity contribution in [2.45, 2.75) is 73.3 Å². The van der Waals surface area contributed by atoms with E-state index in [2.05, 4.69) is 126 Å². The van der Waals surface area contributed by atoms with Crippen LogP contribution in [0.1, 0.15) is 82.6 Å². The molecule has 184 valence electrons. The van der Waals surface area contributed by atoms with Crippen LogP contribution in [-0.4, -0.2) is 24.3 Å². The Morgan fingerprint density at radius 3 is 1.94 bits per heavy atom. The van der Waals surface area contributed by atoms with Crippen LogP contribution in [0.25, 0.3) is 0 Å². The molecule has 0 aromatic heterocycles. The zero-order valence-corrected chi connectivity index (χ0v) is 25.0. The van der Waals surface area contributed by atoms with Crippen molar-refractivity contribution >= 4 is 45.7 Å². The minimum absolute atomic E-state index is 0.0546. The van der Waals surface area contributed by atoms with Gasteiger partial charge in [-0.05, 0) is 35.3 Å². The zero-order valence-electron chi connectivity index (χ0n) is 20.9. The Morgan fingerprint density at radius 1 is 1.00 bits per heavy atom. The van der Waals surface area contributed by atoms with Crippen LogP contribution in [-0.2, 0) is 15.6 Å². The number of aryl methyl sites for hydroxylation is 1. The summed E-state index contributed by atoms with van der Waals surface area (Å²) < 4.78 is 6.13. The number of nitrogens with zero attached hydrogens (tertiary/aromatic N) is 2. The molecule has 2 aromatic rings. The maximum atomic E-state index is 6.13. The van der Waals surface area contributed by atoms with Gasteiger partial charge in [0.15, 0.2) is 0 Å². The van der Waals surface area contributed by atoms with E-state index in [1.54, 1.807) is 0 Å². The van der Waals surface area contributed by atoms with Gasteiger partial charge in [0.2, 0.25) is 5.90 Å². The zero-order chi connectivity index (χ0) is 24.8. The van der Waals surface area contributed by atoms with Crippen LogP contribution in [0.2, 0.25) is 0 Å². The van der Waals surface area contributed by atoms with E-state index in [0.29, 0.717) is 24.3 Å². The van der Waals surface area contributed by atoms with Crippen molar-refractivity contribution in [3.63, 3.8) is 0 Å². The molecule has 0 bridgehead atoms. The Kier molecular flexibility index (Phi) is 10.8. The quantitative estimate of drug-likeness (QED) is 0.242. The first-order valence-electron chi connectivity index (χ1n) is 11.3. The number of para-hydroxylation sites is 1. The molecule has 1 aliphatic rings. The second kappa shape index (κ2) is 12.7. The van der Waals surface area contributed by atoms with Crippen LogP contribution in [0.15, 0.2) is 52.4 Å². The van der Waals surface area contributed by atoms with E-state index in [4.69, 9.17) is 14.7 Å². The summed E-state index contributed by atoms with van der Waals surface area (Å²) in [5.41, 5.74) is 6.74. The topological polar surface area (TPSA) is 34.0 Å². The monoisotopic (exact) mass is 620 g/mol. The third-order valence-corrected chi connectivity index (χ3v) is 5.74. The summed E-state index contributed by atoms with van der Waals surface area (Å²) in [5, 5.41) is 0. The number of hydrogen-bond acceptors (Lipinski definition) is 3. The summed E-state index contributed by atoms with van der Waals surface area (Å²) in [6, 6.07) is 15.2. The fraction of sp³-hybridized carbons (Fsp3) is 0.481. The third-order valence-electron chi connectivity index (χ3n) is 5.74. The van der Waals surface area contributed by atoms with Gasteiger partial charge in [-0.15, -0.1) is 0 Å². The van der Waals surface area contributed by atoms with Gasteiger partial charge in [0.1, 0.15) is 12.3 Å². The molecule has 1 heterocycles. The van der Waals surface area contributed by atoms with Crippen molar-refractivity contribution in [3.05, 3.63) is 64.7 Å². The van der Waals surface area contributed by atoms with Crippen LogP contribution in [0.3, 0.4) is 0 Å². The number of benzene rings is 2. The molecule has 0 radical (unpaired) electrons. The molecular weight excluding hydrogens is 587 g/mol. The molecule has 0 saturated heterocycles. The fourth-order valence-electron chi connectivity index (χ4n) is 3.65. The molecule has 6 heteroatoms. The second-order valence-electron chi connectivity index (χ2n) is 10.1. The Balaban J connectivity index is 0.00000122. The molecule has 33 heavy (non-hydrogen) atoms. The van der Waals surface area contributed by atoms with Gasteiger partial charge < -0.3 is 4.74 Å². The van der Waals surface area contributed by atoms with Gasteiger partial charge in [-0.25, -0.2) is 9.98 Å². The molecule has 0 N–H and O–H groups in total. The number of aliphatic imine (C=N–C) groups is 2. The molecule has 2 aromatic carbocycles. The van der Waals surface area contributed by atoms with Crippen molar-refractivity contribution in [1.82, 2.24) is 0 Å². The summed E-state index contributed by atoms with van der Waals surface area (Å²) >= 11 is 6.00. The number of rotatable bonds is 5. The van der Waals surface area contributed by atoms with Crippen LogP contribution < -0.4 is 0 Å². The van der Waals surface area contributed by atoms with E-state index < -0.39 is 0 Å². The molecular formula is C27H36Br2N2NiO. The average molecular weight is 623 g/mol. The first kappa shape index (κ1) is 28.3. The number of hydrogen-bond donors (Lipinski definition) is 0. The molecule has 1 aliphatic heterocycles. The normalized spacial score (nSPS) is 16.5. The van der Waals surface area contributed by atoms with Gasteiger partial charge in [0, 0.05) is 5.56 Å². The number of halogens is 2. The molecule has 0 unspecified atom stereocenters. The maximum absolute atomic E-state index is 6.13. The predicted octanol–water partition coefficient (Wildman–Crippen LogP) is 8.89. The van der Waals surface area contributed by atoms with Crippen molar-refractivity contribution < 1.29 is 15.6 Å². The van der Waals surface area contributed by atoms with Gasteiger partial charge in [-0.3, -0.25) is 0 Å². The fourth-order valence-corrected chi connectivity index (χ4v) is 3.65. The van der Waals surface area contributed by atoms with E-state index in [0.717, 1.165) is 17.0 Å². The summed E-state index contributed by atoms with van der Waals surface area (Å²) in [7, 11) is 1.25. The summed E-state index contributed by atoms with van der Waals surface area (Å²) in [4.78, 5) is 10.2. The van der Waals surface area contributed by atoms with Crippen LogP contribution in [0.5, 0.6) is 0 Å². The SMILES string of the molecule is Cc1ccc(C(=Nc2c(C(C)C)cccc2C(C)C)C2=N[C@@H](C(C)(C)C)CO2)cc1.[Br][Ni][Br]. The van der Waals surface area contributed by atoms with Crippen LogP contribution >= 0.6 is 28.5 Å². The van der Waals surface area contributed by atoms with Crippen molar-refractivity contribution in [1.29, 1.82) is 0 Å². The Bertz CT molecular complexity index is 950. The van der Waals surface area contributed by atoms with E-state index >= 15 is 0 Å². The van der Waals surface area contributed by atoms with Crippen molar-refractivity contribution in [2.75, 3.05) is 6.61 Å². The van der Waals surface area contributed by atoms with Gasteiger partial charge in [0.25, 0.3) is 0 Å². The Morgan fingerprint density at radius 2 is 1.52 bits per heavy atom. The Hall–Kier alpha value is -0.966. The Labute approximate surface area is 220 Å². The molecule has 3 rings (SSSR count). The minimum atomic E-state index is 0.0546. The standard InChI is InChI=1S/C27H36N2O.2BrH.Ni/c1-17(2)21-10-9-11-22(18(3)4)25(21)29-24(20-14-12-19(5)13-15-20)26-28-23(16-30-26)27(6,7)8;;;/h9-15,17-18,23H,16H2,1-8H3;2*1H;/q;;;+2/p-2/t23-;;;/m1.../s1. The molecule has 3 nitrogen and oxygen atoms in total. The first-order chi connectivity index (χ1) is 15.5. The van der Waals surface area contributed by atoms with Gasteiger partial charge in [-0.2, -0.15) is 0 Å². The summed E-state index contributed by atoms with van der Waals surface area (Å²) in [5.74, 6) is 1.43. The van der Waals surface area contributed by atoms with E-state index in [1.807, 2.05) is 0 Å². The third kappa shape index (κ3) is 7.77. The molecule has 0 saturated carbocycles. The average Bonchev–Trinajstić information content (AvgIpc) is 3.23. The summed E-state index contributed by atoms with van der Waals surface area (Å²) in [6.07, 6.45) is 0. The molecule has 1 atom stereocenters. The summed E-state index contributed by atoms with van der Waals surface area (Å²) in [6.45, 7) is 18.2. The van der Waals surface area contributed by atoms with Crippen LogP contribution in [0.4, 0.5) is 5.69 Å². The molecule has 0 amide bonds. The predicted molar refractivity (Wildman–Crippen MR) is 146 cm³/mol. The molecule has 0 fully saturated rings. The van der Waals surface area contributed by atoms with E-state index in [1.165, 1.54) is 27.6 Å². The van der Waals surface area contributed by atoms with E-state index in [9.17, 15) is 0 Å². The second-order valence-corrected chi connectivity index (χ2v) is 15.1. The molecule has 0 aliphatic carbocycles. The van der Waals surface area contributed by atoms with E-state index in [-0.39, 0.29) is 11.5 Å². The van der Waals surface area contributed by atoms with Gasteiger partial charge in [0.05, 0.1) is 11.7 Å². The van der Waals surface area contributed by atoms with Gasteiger partial charge in [-0.1, -0.05) is 96.5 Å². The van der Waals surface area contributed by atoms with Crippen LogP contribution in [0, 0.1) is 12.3 Å². The first-order valence-corrected chi connectivity index (χ1v) is 16.2. The van der Waals surface area contributed by atoms with Gasteiger partial charge >= 0.3 is 39.3 Å². The van der Waals surface area contributed by atoms with Crippen molar-refractivity contribution in [2.24, 2.45) is 15.4 Å². The van der Waals surface area contributed by atoms with Crippen molar-refractivity contribution in [3.8, 4) is 0 Å². The number of ether oxygens (including phenoxy) is 1. The molecule has 0 spiro atoms.